The Morgan fingerprint density at radius 2 is 1.81 bits per heavy atom. The van der Waals surface area contributed by atoms with Crippen LogP contribution in [0.3, 0.4) is 0 Å². The van der Waals surface area contributed by atoms with Crippen molar-refractivity contribution in [1.29, 1.82) is 0 Å². The van der Waals surface area contributed by atoms with Gasteiger partial charge in [0.25, 0.3) is 0 Å². The quantitative estimate of drug-likeness (QED) is 0.682. The highest BCUT2D eigenvalue weighted by Crippen LogP contribution is 2.22. The number of pyridine rings is 1. The first-order chi connectivity index (χ1) is 12.5. The van der Waals surface area contributed by atoms with E-state index in [1.807, 2.05) is 12.1 Å². The monoisotopic (exact) mass is 360 g/mol. The van der Waals surface area contributed by atoms with E-state index in [1.165, 1.54) is 6.20 Å². The second-order valence-electron chi connectivity index (χ2n) is 5.52. The molecule has 134 valence electrons. The minimum atomic E-state index is -1.55. The third-order valence-corrected chi connectivity index (χ3v) is 3.67. The average Bonchev–Trinajstić information content (AvgIpc) is 2.67. The molecule has 1 aromatic carbocycles. The van der Waals surface area contributed by atoms with Crippen molar-refractivity contribution in [3.05, 3.63) is 65.9 Å². The molecular weight excluding hydrogens is 345 g/mol. The smallest absolute Gasteiger partial charge is 0.247 e. The molecule has 0 amide bonds. The highest BCUT2D eigenvalue weighted by molar-refractivity contribution is 5.57. The number of aromatic nitrogens is 4. The molecule has 9 heteroatoms. The summed E-state index contributed by atoms with van der Waals surface area (Å²) in [5.41, 5.74) is 0.868. The third-order valence-electron chi connectivity index (χ3n) is 3.67. The normalized spacial score (nSPS) is 10.6. The number of nitrogens with one attached hydrogen (secondary N) is 1. The number of hydrogen-bond donors (Lipinski definition) is 1. The lowest BCUT2D eigenvalue weighted by atomic mass is 10.2. The van der Waals surface area contributed by atoms with Gasteiger partial charge >= 0.3 is 0 Å². The van der Waals surface area contributed by atoms with Crippen molar-refractivity contribution in [2.75, 3.05) is 23.8 Å². The molecule has 2 heterocycles. The van der Waals surface area contributed by atoms with Crippen LogP contribution in [0.2, 0.25) is 0 Å². The number of halogens is 3. The van der Waals surface area contributed by atoms with Crippen LogP contribution in [0.5, 0.6) is 0 Å². The van der Waals surface area contributed by atoms with Gasteiger partial charge in [-0.25, -0.2) is 13.2 Å². The summed E-state index contributed by atoms with van der Waals surface area (Å²) in [5.74, 6) is -3.66. The zero-order valence-electron chi connectivity index (χ0n) is 13.8. The van der Waals surface area contributed by atoms with E-state index in [4.69, 9.17) is 0 Å². The topological polar surface area (TPSA) is 66.8 Å². The van der Waals surface area contributed by atoms with Crippen molar-refractivity contribution < 1.29 is 13.2 Å². The van der Waals surface area contributed by atoms with E-state index in [9.17, 15) is 13.2 Å². The predicted octanol–water partition coefficient (Wildman–Crippen LogP) is 3.11. The van der Waals surface area contributed by atoms with Crippen molar-refractivity contribution in [2.24, 2.45) is 0 Å². The summed E-state index contributed by atoms with van der Waals surface area (Å²) in [6.45, 7) is 0.620. The van der Waals surface area contributed by atoms with Crippen molar-refractivity contribution in [1.82, 2.24) is 20.2 Å². The van der Waals surface area contributed by atoms with Gasteiger partial charge in [0.2, 0.25) is 5.95 Å². The summed E-state index contributed by atoms with van der Waals surface area (Å²) in [5, 5.41) is 10.3. The van der Waals surface area contributed by atoms with Crippen LogP contribution in [-0.2, 0) is 6.42 Å². The second-order valence-corrected chi connectivity index (χ2v) is 5.52. The Hall–Kier alpha value is -3.23. The molecule has 0 fully saturated rings. The molecule has 0 aliphatic rings. The Morgan fingerprint density at radius 1 is 1.04 bits per heavy atom. The van der Waals surface area contributed by atoms with Gasteiger partial charge in [-0.2, -0.15) is 10.1 Å². The van der Waals surface area contributed by atoms with Crippen molar-refractivity contribution in [2.45, 2.75) is 6.42 Å². The summed E-state index contributed by atoms with van der Waals surface area (Å²) in [4.78, 5) is 9.96. The number of benzene rings is 1. The summed E-state index contributed by atoms with van der Waals surface area (Å²) < 4.78 is 40.1. The van der Waals surface area contributed by atoms with Crippen LogP contribution >= 0.6 is 0 Å². The maximum Gasteiger partial charge on any atom is 0.247 e. The zero-order valence-corrected chi connectivity index (χ0v) is 13.8. The van der Waals surface area contributed by atoms with E-state index < -0.39 is 17.5 Å². The average molecular weight is 360 g/mol. The molecule has 0 aliphatic carbocycles. The molecule has 0 bridgehead atoms. The van der Waals surface area contributed by atoms with Crippen LogP contribution < -0.4 is 10.2 Å². The Balaban J connectivity index is 1.71. The highest BCUT2D eigenvalue weighted by Gasteiger charge is 2.14. The van der Waals surface area contributed by atoms with Crippen LogP contribution in [0, 0.1) is 17.5 Å². The van der Waals surface area contributed by atoms with E-state index in [2.05, 4.69) is 25.5 Å². The fourth-order valence-corrected chi connectivity index (χ4v) is 2.22. The lowest BCUT2D eigenvalue weighted by Gasteiger charge is -2.17. The fraction of sp³-hybridized carbons (Fsp3) is 0.176. The van der Waals surface area contributed by atoms with Crippen LogP contribution in [-0.4, -0.2) is 33.8 Å². The molecular formula is C17H15F3N6. The second kappa shape index (κ2) is 7.77. The first-order valence-corrected chi connectivity index (χ1v) is 7.75. The van der Waals surface area contributed by atoms with Gasteiger partial charge in [0.05, 0.1) is 11.9 Å². The van der Waals surface area contributed by atoms with E-state index in [-0.39, 0.29) is 11.5 Å². The van der Waals surface area contributed by atoms with Crippen molar-refractivity contribution in [3.8, 4) is 0 Å². The standard InChI is InChI=1S/C17H15F3N6/c1-26(9-6-11-4-7-21-8-5-11)17-24-14(10-22-25-17)23-13-3-2-12(18)15(19)16(13)20/h2-5,7-8,10H,6,9H2,1H3,(H,23,24,25). The lowest BCUT2D eigenvalue weighted by Crippen LogP contribution is -2.23. The molecule has 3 aromatic rings. The molecule has 6 nitrogen and oxygen atoms in total. The molecule has 0 aliphatic heterocycles. The molecule has 0 radical (unpaired) electrons. The van der Waals surface area contributed by atoms with Gasteiger partial charge in [-0.1, -0.05) is 0 Å². The molecule has 0 saturated heterocycles. The minimum Gasteiger partial charge on any atom is -0.342 e. The van der Waals surface area contributed by atoms with Gasteiger partial charge in [-0.05, 0) is 36.2 Å². The molecule has 2 aromatic heterocycles. The first-order valence-electron chi connectivity index (χ1n) is 7.75. The third kappa shape index (κ3) is 4.05. The van der Waals surface area contributed by atoms with E-state index in [0.29, 0.717) is 12.5 Å². The van der Waals surface area contributed by atoms with E-state index in [0.717, 1.165) is 24.1 Å². The molecule has 3 rings (SSSR count). The fourth-order valence-electron chi connectivity index (χ4n) is 2.22. The van der Waals surface area contributed by atoms with E-state index in [1.54, 1.807) is 24.3 Å². The Kier molecular flexibility index (Phi) is 5.26. The summed E-state index contributed by atoms with van der Waals surface area (Å²) >= 11 is 0. The Bertz CT molecular complexity index is 891. The summed E-state index contributed by atoms with van der Waals surface area (Å²) in [6, 6.07) is 5.74. The van der Waals surface area contributed by atoms with Gasteiger partial charge in [0.15, 0.2) is 23.3 Å². The number of anilines is 3. The summed E-state index contributed by atoms with van der Waals surface area (Å²) in [7, 11) is 1.79. The van der Waals surface area contributed by atoms with Crippen molar-refractivity contribution in [3.63, 3.8) is 0 Å². The minimum absolute atomic E-state index is 0.163. The first kappa shape index (κ1) is 17.6. The van der Waals surface area contributed by atoms with Gasteiger partial charge in [0, 0.05) is 26.0 Å². The van der Waals surface area contributed by atoms with Crippen LogP contribution in [0.4, 0.5) is 30.6 Å². The maximum absolute atomic E-state index is 13.8. The number of likely N-dealkylation sites (N-methyl/N-ethyl adjacent to an activating group) is 1. The zero-order chi connectivity index (χ0) is 18.5. The van der Waals surface area contributed by atoms with Crippen LogP contribution in [0.1, 0.15) is 5.56 Å². The number of nitrogens with zero attached hydrogens (tertiary/aromatic N) is 5. The van der Waals surface area contributed by atoms with Crippen LogP contribution in [0.25, 0.3) is 0 Å². The number of hydrogen-bond acceptors (Lipinski definition) is 6. The predicted molar refractivity (Wildman–Crippen MR) is 90.6 cm³/mol. The largest absolute Gasteiger partial charge is 0.342 e. The highest BCUT2D eigenvalue weighted by atomic mass is 19.2. The number of rotatable bonds is 6. The van der Waals surface area contributed by atoms with Gasteiger partial charge < -0.3 is 10.2 Å². The molecule has 26 heavy (non-hydrogen) atoms. The Morgan fingerprint density at radius 3 is 2.58 bits per heavy atom. The molecule has 0 unspecified atom stereocenters. The maximum atomic E-state index is 13.8. The summed E-state index contributed by atoms with van der Waals surface area (Å²) in [6.07, 6.45) is 5.45. The lowest BCUT2D eigenvalue weighted by molar-refractivity contribution is 0.449. The molecule has 0 saturated carbocycles. The van der Waals surface area contributed by atoms with Gasteiger partial charge in [-0.15, -0.1) is 5.10 Å². The van der Waals surface area contributed by atoms with Crippen molar-refractivity contribution >= 4 is 17.5 Å². The molecule has 0 spiro atoms. The Labute approximate surface area is 147 Å². The van der Waals surface area contributed by atoms with Gasteiger partial charge in [-0.3, -0.25) is 4.98 Å². The van der Waals surface area contributed by atoms with Crippen LogP contribution in [0.15, 0.2) is 42.9 Å². The van der Waals surface area contributed by atoms with Gasteiger partial charge in [0.1, 0.15) is 0 Å². The molecule has 0 atom stereocenters. The SMILES string of the molecule is CN(CCc1ccncc1)c1nncc(Nc2ccc(F)c(F)c2F)n1. The molecule has 1 N–H and O–H groups in total. The van der Waals surface area contributed by atoms with E-state index >= 15 is 0 Å².